The number of carbonyl (C=O) groups excluding carboxylic acids is 4. The summed E-state index contributed by atoms with van der Waals surface area (Å²) in [6, 6.07) is 5.73. The van der Waals surface area contributed by atoms with Gasteiger partial charge in [0.2, 0.25) is 0 Å². The van der Waals surface area contributed by atoms with Gasteiger partial charge in [0.05, 0.1) is 13.0 Å². The maximum Gasteiger partial charge on any atom is 0.318 e. The fraction of sp³-hybridized carbons (Fsp3) is 0.524. The minimum atomic E-state index is -1.16. The van der Waals surface area contributed by atoms with Crippen LogP contribution in [0, 0.1) is 5.92 Å². The van der Waals surface area contributed by atoms with Gasteiger partial charge in [0, 0.05) is 12.0 Å². The third kappa shape index (κ3) is 9.23. The number of amides is 3. The standard InChI is InChI=1S/C21H30N2O6/c1-4-5-6-13-28-16-9-7-15(8-10-16)17(24)11-12-18(25)29-19(14(2)3)20(26)23-21(22)27/h7-10,14,19H,4-6,11-13H2,1-3H3,(H3,22,23,26,27). The van der Waals surface area contributed by atoms with Crippen LogP contribution in [-0.4, -0.2) is 36.4 Å². The van der Waals surface area contributed by atoms with Gasteiger partial charge in [-0.15, -0.1) is 0 Å². The summed E-state index contributed by atoms with van der Waals surface area (Å²) in [4.78, 5) is 47.0. The van der Waals surface area contributed by atoms with Gasteiger partial charge in [-0.2, -0.15) is 0 Å². The Hall–Kier alpha value is -2.90. The van der Waals surface area contributed by atoms with Crippen LogP contribution in [0.4, 0.5) is 4.79 Å². The number of hydrogen-bond donors (Lipinski definition) is 2. The van der Waals surface area contributed by atoms with Crippen molar-refractivity contribution < 1.29 is 28.7 Å². The molecule has 0 radical (unpaired) electrons. The zero-order valence-corrected chi connectivity index (χ0v) is 17.2. The molecule has 160 valence electrons. The molecule has 8 heteroatoms. The molecule has 0 heterocycles. The summed E-state index contributed by atoms with van der Waals surface area (Å²) in [5.74, 6) is -1.38. The van der Waals surface area contributed by atoms with E-state index in [2.05, 4.69) is 6.92 Å². The fourth-order valence-electron chi connectivity index (χ4n) is 2.52. The van der Waals surface area contributed by atoms with E-state index in [1.54, 1.807) is 38.1 Å². The molecule has 8 nitrogen and oxygen atoms in total. The van der Waals surface area contributed by atoms with Crippen LogP contribution < -0.4 is 15.8 Å². The van der Waals surface area contributed by atoms with E-state index in [-0.39, 0.29) is 24.5 Å². The Labute approximate surface area is 171 Å². The van der Waals surface area contributed by atoms with Crippen LogP contribution in [-0.2, 0) is 14.3 Å². The van der Waals surface area contributed by atoms with E-state index in [0.29, 0.717) is 17.9 Å². The Morgan fingerprint density at radius 3 is 2.24 bits per heavy atom. The predicted molar refractivity (Wildman–Crippen MR) is 107 cm³/mol. The number of urea groups is 1. The first-order chi connectivity index (χ1) is 13.7. The molecular formula is C21H30N2O6. The van der Waals surface area contributed by atoms with E-state index in [1.807, 2.05) is 5.32 Å². The molecule has 3 N–H and O–H groups in total. The van der Waals surface area contributed by atoms with Gasteiger partial charge in [0.25, 0.3) is 5.91 Å². The van der Waals surface area contributed by atoms with E-state index < -0.39 is 24.0 Å². The molecular weight excluding hydrogens is 376 g/mol. The smallest absolute Gasteiger partial charge is 0.318 e. The number of esters is 1. The highest BCUT2D eigenvalue weighted by atomic mass is 16.5. The van der Waals surface area contributed by atoms with Crippen LogP contribution in [0.1, 0.15) is 63.2 Å². The highest BCUT2D eigenvalue weighted by Gasteiger charge is 2.27. The number of nitrogens with one attached hydrogen (secondary N) is 1. The van der Waals surface area contributed by atoms with Crippen molar-refractivity contribution in [1.29, 1.82) is 0 Å². The van der Waals surface area contributed by atoms with E-state index in [0.717, 1.165) is 19.3 Å². The second-order valence-corrected chi connectivity index (χ2v) is 7.01. The van der Waals surface area contributed by atoms with Crippen molar-refractivity contribution in [2.75, 3.05) is 6.61 Å². The lowest BCUT2D eigenvalue weighted by atomic mass is 10.1. The lowest BCUT2D eigenvalue weighted by Crippen LogP contribution is -2.45. The Kier molecular flexibility index (Phi) is 10.4. The van der Waals surface area contributed by atoms with Crippen molar-refractivity contribution in [3.05, 3.63) is 29.8 Å². The maximum atomic E-state index is 12.3. The number of Topliss-reactive ketones (excluding diaryl/α,β-unsaturated/α-hetero) is 1. The Bertz CT molecular complexity index is 700. The number of rotatable bonds is 12. The van der Waals surface area contributed by atoms with Gasteiger partial charge in [-0.05, 0) is 36.6 Å². The van der Waals surface area contributed by atoms with Gasteiger partial charge in [0.1, 0.15) is 5.75 Å². The molecule has 0 aliphatic carbocycles. The lowest BCUT2D eigenvalue weighted by molar-refractivity contribution is -0.158. The van der Waals surface area contributed by atoms with Crippen molar-refractivity contribution in [2.24, 2.45) is 11.7 Å². The van der Waals surface area contributed by atoms with Gasteiger partial charge in [0.15, 0.2) is 11.9 Å². The average molecular weight is 406 g/mol. The SMILES string of the molecule is CCCCCOc1ccc(C(=O)CCC(=O)OC(C(=O)NC(N)=O)C(C)C)cc1. The molecule has 1 unspecified atom stereocenters. The molecule has 0 saturated carbocycles. The first-order valence-corrected chi connectivity index (χ1v) is 9.80. The number of unbranched alkanes of at least 4 members (excludes halogenated alkanes) is 2. The Morgan fingerprint density at radius 2 is 1.69 bits per heavy atom. The molecule has 0 aliphatic rings. The van der Waals surface area contributed by atoms with Crippen molar-refractivity contribution in [3.63, 3.8) is 0 Å². The minimum Gasteiger partial charge on any atom is -0.494 e. The number of carbonyl (C=O) groups is 4. The third-order valence-corrected chi connectivity index (χ3v) is 4.12. The number of primary amides is 1. The second kappa shape index (κ2) is 12.5. The summed E-state index contributed by atoms with van der Waals surface area (Å²) in [5.41, 5.74) is 5.37. The number of benzene rings is 1. The molecule has 3 amide bonds. The maximum absolute atomic E-state index is 12.3. The van der Waals surface area contributed by atoms with Gasteiger partial charge >= 0.3 is 12.0 Å². The van der Waals surface area contributed by atoms with E-state index in [1.165, 1.54) is 0 Å². The molecule has 1 atom stereocenters. The fourth-order valence-corrected chi connectivity index (χ4v) is 2.52. The molecule has 0 spiro atoms. The number of ether oxygens (including phenoxy) is 2. The van der Waals surface area contributed by atoms with Crippen molar-refractivity contribution in [3.8, 4) is 5.75 Å². The minimum absolute atomic E-state index is 0.0577. The number of hydrogen-bond acceptors (Lipinski definition) is 6. The summed E-state index contributed by atoms with van der Waals surface area (Å²) in [7, 11) is 0. The number of imide groups is 1. The molecule has 1 aromatic rings. The van der Waals surface area contributed by atoms with Crippen LogP contribution in [0.3, 0.4) is 0 Å². The van der Waals surface area contributed by atoms with Gasteiger partial charge in [-0.3, -0.25) is 19.7 Å². The molecule has 0 saturated heterocycles. The molecule has 0 aromatic heterocycles. The van der Waals surface area contributed by atoms with Gasteiger partial charge in [-0.1, -0.05) is 33.6 Å². The highest BCUT2D eigenvalue weighted by Crippen LogP contribution is 2.15. The summed E-state index contributed by atoms with van der Waals surface area (Å²) in [6.07, 6.45) is 1.81. The zero-order valence-electron chi connectivity index (χ0n) is 17.2. The van der Waals surface area contributed by atoms with Gasteiger partial charge in [-0.25, -0.2) is 4.79 Å². The van der Waals surface area contributed by atoms with Crippen molar-refractivity contribution in [1.82, 2.24) is 5.32 Å². The summed E-state index contributed by atoms with van der Waals surface area (Å²) < 4.78 is 10.7. The second-order valence-electron chi connectivity index (χ2n) is 7.01. The van der Waals surface area contributed by atoms with E-state index in [9.17, 15) is 19.2 Å². The summed E-state index contributed by atoms with van der Waals surface area (Å²) in [6.45, 7) is 6.08. The molecule has 0 aliphatic heterocycles. The number of ketones is 1. The largest absolute Gasteiger partial charge is 0.494 e. The van der Waals surface area contributed by atoms with Gasteiger partial charge < -0.3 is 15.2 Å². The van der Waals surface area contributed by atoms with Crippen LogP contribution in [0.15, 0.2) is 24.3 Å². The van der Waals surface area contributed by atoms with E-state index in [4.69, 9.17) is 15.2 Å². The van der Waals surface area contributed by atoms with Crippen LogP contribution in [0.5, 0.6) is 5.75 Å². The molecule has 0 fully saturated rings. The summed E-state index contributed by atoms with van der Waals surface area (Å²) in [5, 5.41) is 1.89. The summed E-state index contributed by atoms with van der Waals surface area (Å²) >= 11 is 0. The molecule has 1 rings (SSSR count). The monoisotopic (exact) mass is 406 g/mol. The highest BCUT2D eigenvalue weighted by molar-refractivity contribution is 5.98. The quantitative estimate of drug-likeness (QED) is 0.312. The third-order valence-electron chi connectivity index (χ3n) is 4.12. The lowest BCUT2D eigenvalue weighted by Gasteiger charge is -2.19. The van der Waals surface area contributed by atoms with Crippen molar-refractivity contribution in [2.45, 2.75) is 59.0 Å². The topological polar surface area (TPSA) is 125 Å². The van der Waals surface area contributed by atoms with Crippen molar-refractivity contribution >= 4 is 23.7 Å². The molecule has 29 heavy (non-hydrogen) atoms. The predicted octanol–water partition coefficient (Wildman–Crippen LogP) is 2.98. The number of nitrogens with two attached hydrogens (primary N) is 1. The Balaban J connectivity index is 2.50. The van der Waals surface area contributed by atoms with E-state index >= 15 is 0 Å². The zero-order chi connectivity index (χ0) is 21.8. The first kappa shape index (κ1) is 24.1. The van der Waals surface area contributed by atoms with Crippen LogP contribution in [0.2, 0.25) is 0 Å². The first-order valence-electron chi connectivity index (χ1n) is 9.80. The normalized spacial score (nSPS) is 11.6. The van der Waals surface area contributed by atoms with Crippen LogP contribution >= 0.6 is 0 Å². The van der Waals surface area contributed by atoms with Crippen LogP contribution in [0.25, 0.3) is 0 Å². The molecule has 0 bridgehead atoms. The Morgan fingerprint density at radius 1 is 1.03 bits per heavy atom. The molecule has 1 aromatic carbocycles. The average Bonchev–Trinajstić information content (AvgIpc) is 2.67.